The van der Waals surface area contributed by atoms with Crippen LogP contribution in [0, 0.1) is 0 Å². The third-order valence-electron chi connectivity index (χ3n) is 6.66. The van der Waals surface area contributed by atoms with Crippen LogP contribution < -0.4 is 15.5 Å². The normalized spacial score (nSPS) is 22.0. The fourth-order valence-electron chi connectivity index (χ4n) is 5.12. The van der Waals surface area contributed by atoms with E-state index in [0.717, 1.165) is 36.1 Å². The van der Waals surface area contributed by atoms with Crippen molar-refractivity contribution in [2.75, 3.05) is 36.5 Å². The van der Waals surface area contributed by atoms with Gasteiger partial charge in [-0.1, -0.05) is 0 Å². The second kappa shape index (κ2) is 9.62. The molecule has 0 aromatic carbocycles. The van der Waals surface area contributed by atoms with Crippen molar-refractivity contribution in [1.82, 2.24) is 24.9 Å². The number of aromatic nitrogens is 4. The lowest BCUT2D eigenvalue weighted by Gasteiger charge is -2.37. The first-order valence-corrected chi connectivity index (χ1v) is 12.0. The van der Waals surface area contributed by atoms with Crippen LogP contribution in [0.5, 0.6) is 0 Å². The monoisotopic (exact) mass is 489 g/mol. The molecule has 2 aliphatic rings. The quantitative estimate of drug-likeness (QED) is 0.564. The molecule has 0 radical (unpaired) electrons. The van der Waals surface area contributed by atoms with Gasteiger partial charge in [-0.2, -0.15) is 18.3 Å². The molecule has 35 heavy (non-hydrogen) atoms. The summed E-state index contributed by atoms with van der Waals surface area (Å²) in [5, 5.41) is 10.9. The number of piperazine rings is 1. The minimum atomic E-state index is -4.46. The zero-order chi connectivity index (χ0) is 24.6. The Morgan fingerprint density at radius 2 is 1.89 bits per heavy atom. The van der Waals surface area contributed by atoms with Crippen molar-refractivity contribution in [2.24, 2.45) is 0 Å². The first-order valence-electron chi connectivity index (χ1n) is 12.0. The Hall–Kier alpha value is -2.92. The summed E-state index contributed by atoms with van der Waals surface area (Å²) in [6, 6.07) is 4.61. The third kappa shape index (κ3) is 5.20. The van der Waals surface area contributed by atoms with Gasteiger partial charge in [-0.15, -0.1) is 0 Å². The molecule has 5 heterocycles. The Balaban J connectivity index is 1.44. The number of anilines is 2. The molecule has 0 aliphatic carbocycles. The average molecular weight is 490 g/mol. The molecule has 0 unspecified atom stereocenters. The minimum absolute atomic E-state index is 0.110. The van der Waals surface area contributed by atoms with Crippen LogP contribution >= 0.6 is 0 Å². The topological polar surface area (TPSA) is 79.6 Å². The predicted octanol–water partition coefficient (Wildman–Crippen LogP) is 3.84. The van der Waals surface area contributed by atoms with Gasteiger partial charge in [-0.3, -0.25) is 0 Å². The number of halogens is 3. The van der Waals surface area contributed by atoms with E-state index in [0.29, 0.717) is 49.6 Å². The first kappa shape index (κ1) is 23.8. The highest BCUT2D eigenvalue weighted by atomic mass is 19.4. The van der Waals surface area contributed by atoms with Crippen molar-refractivity contribution < 1.29 is 17.9 Å². The summed E-state index contributed by atoms with van der Waals surface area (Å²) in [6.07, 6.45) is 0.692. The largest absolute Gasteiger partial charge is 0.416 e. The van der Waals surface area contributed by atoms with E-state index in [9.17, 15) is 13.2 Å². The third-order valence-corrected chi connectivity index (χ3v) is 6.66. The van der Waals surface area contributed by atoms with Gasteiger partial charge in [0, 0.05) is 44.6 Å². The molecule has 188 valence electrons. The molecule has 11 heteroatoms. The molecule has 2 fully saturated rings. The van der Waals surface area contributed by atoms with Crippen LogP contribution in [0.2, 0.25) is 0 Å². The maximum atomic E-state index is 13.7. The van der Waals surface area contributed by atoms with Crippen LogP contribution in [0.1, 0.15) is 49.4 Å². The number of alkyl halides is 3. The molecule has 5 rings (SSSR count). The van der Waals surface area contributed by atoms with Crippen LogP contribution in [-0.2, 0) is 17.5 Å². The lowest BCUT2D eigenvalue weighted by molar-refractivity contribution is -0.137. The van der Waals surface area contributed by atoms with E-state index in [4.69, 9.17) is 4.74 Å². The molecule has 0 bridgehead atoms. The van der Waals surface area contributed by atoms with Crippen LogP contribution in [0.25, 0.3) is 5.52 Å². The van der Waals surface area contributed by atoms with Crippen LogP contribution in [-0.4, -0.2) is 58.0 Å². The number of nitrogens with one attached hydrogen (secondary N) is 2. The van der Waals surface area contributed by atoms with Gasteiger partial charge >= 0.3 is 6.18 Å². The van der Waals surface area contributed by atoms with Gasteiger partial charge in [0.2, 0.25) is 0 Å². The van der Waals surface area contributed by atoms with Crippen LogP contribution in [0.3, 0.4) is 0 Å². The molecule has 2 atom stereocenters. The van der Waals surface area contributed by atoms with E-state index >= 15 is 0 Å². The Kier molecular flexibility index (Phi) is 6.54. The van der Waals surface area contributed by atoms with Gasteiger partial charge in [-0.05, 0) is 56.4 Å². The molecule has 0 saturated carbocycles. The lowest BCUT2D eigenvalue weighted by Crippen LogP contribution is -2.54. The summed E-state index contributed by atoms with van der Waals surface area (Å²) >= 11 is 0. The number of nitrogens with zero attached hydrogens (tertiary/aromatic N) is 5. The highest BCUT2D eigenvalue weighted by molar-refractivity contribution is 5.73. The lowest BCUT2D eigenvalue weighted by atomic mass is 9.92. The van der Waals surface area contributed by atoms with Gasteiger partial charge in [-0.25, -0.2) is 14.5 Å². The summed E-state index contributed by atoms with van der Waals surface area (Å²) in [4.78, 5) is 10.9. The second-order valence-electron chi connectivity index (χ2n) is 9.49. The van der Waals surface area contributed by atoms with E-state index in [1.165, 1.54) is 6.33 Å². The van der Waals surface area contributed by atoms with Crippen molar-refractivity contribution in [2.45, 2.75) is 57.4 Å². The van der Waals surface area contributed by atoms with Crippen molar-refractivity contribution in [3.05, 3.63) is 47.5 Å². The molecule has 2 saturated heterocycles. The maximum absolute atomic E-state index is 13.7. The average Bonchev–Trinajstić information content (AvgIpc) is 3.27. The van der Waals surface area contributed by atoms with Crippen molar-refractivity contribution in [1.29, 1.82) is 0 Å². The SMILES string of the molecule is C[C@@H]1CN(c2cc(C(F)(F)F)cc(CNc3ncnn4ccc(C5CCOCC5)c34)n2)C[C@H](C)N1. The summed E-state index contributed by atoms with van der Waals surface area (Å²) in [7, 11) is 0. The standard InChI is InChI=1S/C24H30F3N7O/c1-15-12-33(13-16(2)31-15)21-10-18(24(25,26)27)9-19(32-21)11-28-23-22-20(17-4-7-35-8-5-17)3-6-34(22)30-14-29-23/h3,6,9-10,14-17,31H,4-5,7-8,11-13H2,1-2H3,(H,28,29,30)/t15-,16+. The van der Waals surface area contributed by atoms with Crippen LogP contribution in [0.15, 0.2) is 30.7 Å². The second-order valence-corrected chi connectivity index (χ2v) is 9.49. The number of pyridine rings is 1. The Morgan fingerprint density at radius 1 is 1.14 bits per heavy atom. The highest BCUT2D eigenvalue weighted by Crippen LogP contribution is 2.34. The molecule has 0 spiro atoms. The van der Waals surface area contributed by atoms with Gasteiger partial charge in [0.15, 0.2) is 5.82 Å². The van der Waals surface area contributed by atoms with Gasteiger partial charge in [0.25, 0.3) is 0 Å². The van der Waals surface area contributed by atoms with Gasteiger partial charge < -0.3 is 20.3 Å². The zero-order valence-electron chi connectivity index (χ0n) is 19.8. The Labute approximate surface area is 201 Å². The molecular formula is C24H30F3N7O. The molecule has 8 nitrogen and oxygen atoms in total. The highest BCUT2D eigenvalue weighted by Gasteiger charge is 2.33. The summed E-state index contributed by atoms with van der Waals surface area (Å²) in [6.45, 7) is 6.75. The molecule has 3 aromatic rings. The van der Waals surface area contributed by atoms with Crippen LogP contribution in [0.4, 0.5) is 24.8 Å². The van der Waals surface area contributed by atoms with Gasteiger partial charge in [0.1, 0.15) is 17.7 Å². The number of hydrogen-bond acceptors (Lipinski definition) is 7. The fraction of sp³-hybridized carbons (Fsp3) is 0.542. The van der Waals surface area contributed by atoms with E-state index in [2.05, 4.69) is 25.7 Å². The van der Waals surface area contributed by atoms with Gasteiger partial charge in [0.05, 0.1) is 17.8 Å². The van der Waals surface area contributed by atoms with Crippen molar-refractivity contribution in [3.8, 4) is 0 Å². The van der Waals surface area contributed by atoms with Crippen molar-refractivity contribution >= 4 is 17.2 Å². The smallest absolute Gasteiger partial charge is 0.381 e. The van der Waals surface area contributed by atoms with E-state index < -0.39 is 11.7 Å². The molecular weight excluding hydrogens is 459 g/mol. The summed E-state index contributed by atoms with van der Waals surface area (Å²) in [5.41, 5.74) is 1.58. The first-order chi connectivity index (χ1) is 16.8. The number of fused-ring (bicyclic) bond motifs is 1. The van der Waals surface area contributed by atoms with Crippen molar-refractivity contribution in [3.63, 3.8) is 0 Å². The summed E-state index contributed by atoms with van der Waals surface area (Å²) < 4.78 is 48.5. The maximum Gasteiger partial charge on any atom is 0.416 e. The Morgan fingerprint density at radius 3 is 2.60 bits per heavy atom. The zero-order valence-corrected chi connectivity index (χ0v) is 19.8. The number of hydrogen-bond donors (Lipinski definition) is 2. The molecule has 2 aliphatic heterocycles. The van der Waals surface area contributed by atoms with E-state index in [-0.39, 0.29) is 18.6 Å². The number of ether oxygens (including phenoxy) is 1. The minimum Gasteiger partial charge on any atom is -0.381 e. The molecule has 3 aromatic heterocycles. The molecule has 2 N–H and O–H groups in total. The van der Waals surface area contributed by atoms with E-state index in [1.807, 2.05) is 31.0 Å². The number of rotatable bonds is 5. The predicted molar refractivity (Wildman–Crippen MR) is 127 cm³/mol. The Bertz CT molecular complexity index is 1170. The molecule has 0 amide bonds. The van der Waals surface area contributed by atoms with E-state index in [1.54, 1.807) is 4.52 Å². The fourth-order valence-corrected chi connectivity index (χ4v) is 5.12. The summed E-state index contributed by atoms with van der Waals surface area (Å²) in [5.74, 6) is 1.25.